The molecule has 0 heterocycles. The lowest BCUT2D eigenvalue weighted by Gasteiger charge is -2.18. The van der Waals surface area contributed by atoms with Crippen LogP contribution in [-0.4, -0.2) is 47.5 Å². The van der Waals surface area contributed by atoms with Crippen molar-refractivity contribution < 1.29 is 10.2 Å². The fourth-order valence-electron chi connectivity index (χ4n) is 1.73. The third-order valence-electron chi connectivity index (χ3n) is 3.01. The van der Waals surface area contributed by atoms with Gasteiger partial charge in [-0.1, -0.05) is 26.0 Å². The van der Waals surface area contributed by atoms with E-state index in [1.807, 2.05) is 12.1 Å². The summed E-state index contributed by atoms with van der Waals surface area (Å²) in [7, 11) is 0. The van der Waals surface area contributed by atoms with Crippen LogP contribution < -0.4 is 5.32 Å². The highest BCUT2D eigenvalue weighted by atomic mass is 16.3. The zero-order valence-corrected chi connectivity index (χ0v) is 11.3. The van der Waals surface area contributed by atoms with Crippen LogP contribution in [0, 0.1) is 0 Å². The van der Waals surface area contributed by atoms with Crippen molar-refractivity contribution in [1.82, 2.24) is 4.90 Å². The molecule has 0 spiro atoms. The maximum absolute atomic E-state index is 9.24. The molecule has 18 heavy (non-hydrogen) atoms. The van der Waals surface area contributed by atoms with Gasteiger partial charge in [-0.15, -0.1) is 0 Å². The molecule has 0 amide bonds. The van der Waals surface area contributed by atoms with Crippen molar-refractivity contribution in [2.24, 2.45) is 0 Å². The van der Waals surface area contributed by atoms with Crippen LogP contribution in [-0.2, 0) is 6.54 Å². The van der Waals surface area contributed by atoms with Gasteiger partial charge in [0.15, 0.2) is 0 Å². The minimum atomic E-state index is -0.708. The molecule has 3 N–H and O–H groups in total. The van der Waals surface area contributed by atoms with Gasteiger partial charge in [0.1, 0.15) is 0 Å². The van der Waals surface area contributed by atoms with Crippen molar-refractivity contribution in [3.8, 4) is 0 Å². The molecule has 102 valence electrons. The van der Waals surface area contributed by atoms with Gasteiger partial charge >= 0.3 is 0 Å². The first kappa shape index (κ1) is 15.0. The number of benzene rings is 1. The average molecular weight is 252 g/mol. The number of hydrogen-bond donors (Lipinski definition) is 3. The van der Waals surface area contributed by atoms with Gasteiger partial charge in [0.2, 0.25) is 0 Å². The Balaban J connectivity index is 2.47. The van der Waals surface area contributed by atoms with Crippen LogP contribution in [0.5, 0.6) is 0 Å². The van der Waals surface area contributed by atoms with Gasteiger partial charge in [0.25, 0.3) is 0 Å². The van der Waals surface area contributed by atoms with Gasteiger partial charge < -0.3 is 15.5 Å². The molecule has 0 aliphatic heterocycles. The van der Waals surface area contributed by atoms with E-state index in [0.29, 0.717) is 6.54 Å². The fraction of sp³-hybridized carbons (Fsp3) is 0.571. The zero-order chi connectivity index (χ0) is 13.4. The average Bonchev–Trinajstić information content (AvgIpc) is 2.43. The molecule has 1 aromatic carbocycles. The highest BCUT2D eigenvalue weighted by Gasteiger charge is 2.03. The van der Waals surface area contributed by atoms with E-state index in [4.69, 9.17) is 5.11 Å². The number of nitrogens with zero attached hydrogens (tertiary/aromatic N) is 1. The molecule has 4 heteroatoms. The Morgan fingerprint density at radius 3 is 2.28 bits per heavy atom. The quantitative estimate of drug-likeness (QED) is 0.652. The van der Waals surface area contributed by atoms with Gasteiger partial charge in [-0.25, -0.2) is 0 Å². The Morgan fingerprint density at radius 1 is 1.17 bits per heavy atom. The van der Waals surface area contributed by atoms with Crippen molar-refractivity contribution in [2.75, 3.05) is 31.6 Å². The zero-order valence-electron chi connectivity index (χ0n) is 11.3. The summed E-state index contributed by atoms with van der Waals surface area (Å²) in [6.07, 6.45) is -0.708. The van der Waals surface area contributed by atoms with Crippen LogP contribution in [0.4, 0.5) is 5.69 Å². The van der Waals surface area contributed by atoms with Crippen molar-refractivity contribution in [3.05, 3.63) is 29.8 Å². The minimum absolute atomic E-state index is 0.215. The number of aliphatic hydroxyl groups is 2. The van der Waals surface area contributed by atoms with E-state index in [9.17, 15) is 5.11 Å². The van der Waals surface area contributed by atoms with E-state index in [0.717, 1.165) is 25.3 Å². The summed E-state index contributed by atoms with van der Waals surface area (Å²) in [4.78, 5) is 2.36. The molecule has 0 fully saturated rings. The van der Waals surface area contributed by atoms with Crippen molar-refractivity contribution in [3.63, 3.8) is 0 Å². The third-order valence-corrected chi connectivity index (χ3v) is 3.01. The molecule has 0 saturated heterocycles. The summed E-state index contributed by atoms with van der Waals surface area (Å²) >= 11 is 0. The lowest BCUT2D eigenvalue weighted by Crippen LogP contribution is -2.23. The van der Waals surface area contributed by atoms with Gasteiger partial charge in [-0.3, -0.25) is 4.90 Å². The summed E-state index contributed by atoms with van der Waals surface area (Å²) in [5.41, 5.74) is 2.25. The van der Waals surface area contributed by atoms with Crippen LogP contribution in [0.2, 0.25) is 0 Å². The van der Waals surface area contributed by atoms with Crippen LogP contribution in [0.25, 0.3) is 0 Å². The van der Waals surface area contributed by atoms with Gasteiger partial charge in [-0.05, 0) is 30.8 Å². The Kier molecular flexibility index (Phi) is 6.72. The first-order valence-corrected chi connectivity index (χ1v) is 6.53. The van der Waals surface area contributed by atoms with Gasteiger partial charge in [0.05, 0.1) is 12.7 Å². The van der Waals surface area contributed by atoms with Gasteiger partial charge in [-0.2, -0.15) is 0 Å². The highest BCUT2D eigenvalue weighted by Crippen LogP contribution is 2.11. The Bertz CT molecular complexity index is 323. The van der Waals surface area contributed by atoms with Crippen molar-refractivity contribution in [2.45, 2.75) is 26.5 Å². The lowest BCUT2D eigenvalue weighted by atomic mass is 10.2. The predicted molar refractivity (Wildman–Crippen MR) is 74.6 cm³/mol. The Hall–Kier alpha value is -1.10. The maximum Gasteiger partial charge on any atom is 0.0942 e. The number of aliphatic hydroxyl groups excluding tert-OH is 2. The van der Waals surface area contributed by atoms with Gasteiger partial charge in [0, 0.05) is 18.8 Å². The second kappa shape index (κ2) is 8.08. The Morgan fingerprint density at radius 2 is 1.78 bits per heavy atom. The highest BCUT2D eigenvalue weighted by molar-refractivity contribution is 5.44. The lowest BCUT2D eigenvalue weighted by molar-refractivity contribution is 0.105. The smallest absolute Gasteiger partial charge is 0.0942 e. The molecule has 1 unspecified atom stereocenters. The first-order chi connectivity index (χ1) is 8.69. The van der Waals surface area contributed by atoms with E-state index in [1.54, 1.807) is 0 Å². The second-order valence-electron chi connectivity index (χ2n) is 4.38. The minimum Gasteiger partial charge on any atom is -0.394 e. The van der Waals surface area contributed by atoms with Crippen molar-refractivity contribution in [1.29, 1.82) is 0 Å². The normalized spacial score (nSPS) is 12.7. The fourth-order valence-corrected chi connectivity index (χ4v) is 1.73. The van der Waals surface area contributed by atoms with Crippen LogP contribution in [0.1, 0.15) is 19.4 Å². The summed E-state index contributed by atoms with van der Waals surface area (Å²) in [5, 5.41) is 21.0. The summed E-state index contributed by atoms with van der Waals surface area (Å²) in [6.45, 7) is 7.55. The third kappa shape index (κ3) is 5.04. The van der Waals surface area contributed by atoms with Crippen molar-refractivity contribution >= 4 is 5.69 Å². The van der Waals surface area contributed by atoms with E-state index < -0.39 is 6.10 Å². The molecule has 0 bridgehead atoms. The molecule has 1 atom stereocenters. The molecule has 0 radical (unpaired) electrons. The predicted octanol–water partition coefficient (Wildman–Crippen LogP) is 1.29. The van der Waals surface area contributed by atoms with E-state index in [2.05, 4.69) is 36.2 Å². The molecule has 0 aliphatic carbocycles. The molecule has 0 saturated carbocycles. The molecule has 1 aromatic rings. The van der Waals surface area contributed by atoms with Crippen LogP contribution in [0.15, 0.2) is 24.3 Å². The van der Waals surface area contributed by atoms with Crippen LogP contribution >= 0.6 is 0 Å². The summed E-state index contributed by atoms with van der Waals surface area (Å²) in [5.74, 6) is 0. The molecular weight excluding hydrogens is 228 g/mol. The van der Waals surface area contributed by atoms with E-state index >= 15 is 0 Å². The maximum atomic E-state index is 9.24. The first-order valence-electron chi connectivity index (χ1n) is 6.53. The van der Waals surface area contributed by atoms with E-state index in [1.165, 1.54) is 5.56 Å². The molecular formula is C14H24N2O2. The molecule has 4 nitrogen and oxygen atoms in total. The standard InChI is InChI=1S/C14H24N2O2/c1-3-16(4-2)10-12-5-7-13(8-6-12)15-9-14(18)11-17/h5-8,14-15,17-18H,3-4,9-11H2,1-2H3. The number of nitrogens with one attached hydrogen (secondary N) is 1. The van der Waals surface area contributed by atoms with E-state index in [-0.39, 0.29) is 6.61 Å². The molecule has 0 aromatic heterocycles. The summed E-state index contributed by atoms with van der Waals surface area (Å²) < 4.78 is 0. The largest absolute Gasteiger partial charge is 0.394 e. The monoisotopic (exact) mass is 252 g/mol. The number of anilines is 1. The number of rotatable bonds is 8. The number of hydrogen-bond acceptors (Lipinski definition) is 4. The van der Waals surface area contributed by atoms with Crippen LogP contribution in [0.3, 0.4) is 0 Å². The second-order valence-corrected chi connectivity index (χ2v) is 4.38. The topological polar surface area (TPSA) is 55.7 Å². The molecule has 0 aliphatic rings. The SMILES string of the molecule is CCN(CC)Cc1ccc(NCC(O)CO)cc1. The summed E-state index contributed by atoms with van der Waals surface area (Å²) in [6, 6.07) is 8.18. The Labute approximate surface area is 109 Å². The molecule has 1 rings (SSSR count).